The molecule has 0 spiro atoms. The average Bonchev–Trinajstić information content (AvgIpc) is 2.50. The molecule has 3 aliphatic rings. The summed E-state index contributed by atoms with van der Waals surface area (Å²) in [5, 5.41) is 0. The second-order valence-corrected chi connectivity index (χ2v) is 7.23. The second-order valence-electron chi connectivity index (χ2n) is 6.71. The van der Waals surface area contributed by atoms with Crippen molar-refractivity contribution in [1.82, 2.24) is 0 Å². The minimum atomic E-state index is 0.223. The van der Waals surface area contributed by atoms with E-state index < -0.39 is 0 Å². The van der Waals surface area contributed by atoms with Crippen LogP contribution in [0.3, 0.4) is 0 Å². The molecule has 2 heteroatoms. The zero-order valence-corrected chi connectivity index (χ0v) is 13.4. The van der Waals surface area contributed by atoms with E-state index in [1.165, 1.54) is 56.9 Å². The molecule has 0 radical (unpaired) electrons. The Bertz CT molecular complexity index is 426. The van der Waals surface area contributed by atoms with Gasteiger partial charge in [-0.15, -0.1) is 12.6 Å². The fourth-order valence-electron chi connectivity index (χ4n) is 4.05. The van der Waals surface area contributed by atoms with Gasteiger partial charge in [-0.3, -0.25) is 0 Å². The Morgan fingerprint density at radius 2 is 1.60 bits per heavy atom. The topological polar surface area (TPSA) is 9.23 Å². The van der Waals surface area contributed by atoms with E-state index >= 15 is 0 Å². The van der Waals surface area contributed by atoms with Gasteiger partial charge in [0.1, 0.15) is 0 Å². The standard InChI is InChI=1S/C18H26OS/c1-2-3-14-19-18-11-8-17(9-12-18,10-13-18)15-4-6-16(20)7-5-15/h4-7,20H,2-3,8-14H2,1H3. The molecule has 110 valence electrons. The Kier molecular flexibility index (Phi) is 4.14. The Labute approximate surface area is 128 Å². The van der Waals surface area contributed by atoms with Crippen molar-refractivity contribution in [3.63, 3.8) is 0 Å². The van der Waals surface area contributed by atoms with Crippen molar-refractivity contribution >= 4 is 12.6 Å². The normalized spacial score (nSPS) is 32.5. The van der Waals surface area contributed by atoms with Gasteiger partial charge in [0.2, 0.25) is 0 Å². The van der Waals surface area contributed by atoms with Crippen LogP contribution in [0.4, 0.5) is 0 Å². The summed E-state index contributed by atoms with van der Waals surface area (Å²) in [6, 6.07) is 8.86. The Hall–Kier alpha value is -0.470. The molecule has 4 rings (SSSR count). The van der Waals surface area contributed by atoms with Gasteiger partial charge in [-0.05, 0) is 68.1 Å². The van der Waals surface area contributed by atoms with Crippen LogP contribution in [0.25, 0.3) is 0 Å². The summed E-state index contributed by atoms with van der Waals surface area (Å²) in [4.78, 5) is 1.06. The summed E-state index contributed by atoms with van der Waals surface area (Å²) in [6.07, 6.45) is 10.1. The molecule has 0 atom stereocenters. The monoisotopic (exact) mass is 290 g/mol. The number of hydrogen-bond acceptors (Lipinski definition) is 2. The van der Waals surface area contributed by atoms with Gasteiger partial charge in [-0.1, -0.05) is 25.5 Å². The smallest absolute Gasteiger partial charge is 0.0683 e. The number of benzene rings is 1. The maximum Gasteiger partial charge on any atom is 0.0683 e. The third kappa shape index (κ3) is 2.65. The van der Waals surface area contributed by atoms with Gasteiger partial charge >= 0.3 is 0 Å². The van der Waals surface area contributed by atoms with Crippen molar-refractivity contribution in [2.45, 2.75) is 74.2 Å². The molecule has 0 N–H and O–H groups in total. The summed E-state index contributed by atoms with van der Waals surface area (Å²) in [7, 11) is 0. The van der Waals surface area contributed by atoms with Gasteiger partial charge in [0.15, 0.2) is 0 Å². The minimum Gasteiger partial charge on any atom is -0.375 e. The summed E-state index contributed by atoms with van der Waals surface area (Å²) in [5.41, 5.74) is 2.18. The highest BCUT2D eigenvalue weighted by Gasteiger charge is 2.49. The highest BCUT2D eigenvalue weighted by atomic mass is 32.1. The first kappa shape index (κ1) is 14.5. The maximum absolute atomic E-state index is 6.29. The Morgan fingerprint density at radius 3 is 2.15 bits per heavy atom. The number of unbranched alkanes of at least 4 members (excludes halogenated alkanes) is 1. The molecule has 2 bridgehead atoms. The number of rotatable bonds is 5. The van der Waals surface area contributed by atoms with E-state index in [1.807, 2.05) is 0 Å². The first-order valence-corrected chi connectivity index (χ1v) is 8.56. The third-order valence-corrected chi connectivity index (χ3v) is 5.86. The van der Waals surface area contributed by atoms with Crippen LogP contribution < -0.4 is 0 Å². The first-order valence-electron chi connectivity index (χ1n) is 8.12. The molecule has 3 fully saturated rings. The third-order valence-electron chi connectivity index (χ3n) is 5.56. The van der Waals surface area contributed by atoms with Gasteiger partial charge in [0.05, 0.1) is 5.60 Å². The predicted octanol–water partition coefficient (Wildman–Crippen LogP) is 5.14. The van der Waals surface area contributed by atoms with Gasteiger partial charge < -0.3 is 4.74 Å². The molecule has 0 heterocycles. The molecule has 0 saturated heterocycles. The summed E-state index contributed by atoms with van der Waals surface area (Å²) < 4.78 is 6.29. The SMILES string of the molecule is CCCCOC12CCC(c3ccc(S)cc3)(CC1)CC2. The van der Waals surface area contributed by atoms with Crippen LogP contribution in [0.15, 0.2) is 29.2 Å². The van der Waals surface area contributed by atoms with E-state index in [-0.39, 0.29) is 5.60 Å². The van der Waals surface area contributed by atoms with Crippen LogP contribution in [0.1, 0.15) is 63.9 Å². The molecule has 20 heavy (non-hydrogen) atoms. The maximum atomic E-state index is 6.29. The van der Waals surface area contributed by atoms with Crippen molar-refractivity contribution < 1.29 is 4.74 Å². The van der Waals surface area contributed by atoms with E-state index in [1.54, 1.807) is 0 Å². The van der Waals surface area contributed by atoms with E-state index in [0.29, 0.717) is 5.41 Å². The molecule has 0 aliphatic heterocycles. The lowest BCUT2D eigenvalue weighted by Crippen LogP contribution is -2.49. The zero-order chi connectivity index (χ0) is 14.1. The van der Waals surface area contributed by atoms with E-state index in [0.717, 1.165) is 11.5 Å². The first-order chi connectivity index (χ1) is 9.68. The van der Waals surface area contributed by atoms with Crippen molar-refractivity contribution in [3.05, 3.63) is 29.8 Å². The van der Waals surface area contributed by atoms with E-state index in [9.17, 15) is 0 Å². The van der Waals surface area contributed by atoms with Crippen LogP contribution in [0.2, 0.25) is 0 Å². The fourth-order valence-corrected chi connectivity index (χ4v) is 4.20. The van der Waals surface area contributed by atoms with Crippen molar-refractivity contribution in [3.8, 4) is 0 Å². The molecule has 0 amide bonds. The quantitative estimate of drug-likeness (QED) is 0.584. The van der Waals surface area contributed by atoms with Crippen LogP contribution in [0, 0.1) is 0 Å². The zero-order valence-electron chi connectivity index (χ0n) is 12.5. The van der Waals surface area contributed by atoms with Gasteiger partial charge in [-0.2, -0.15) is 0 Å². The highest BCUT2D eigenvalue weighted by Crippen LogP contribution is 2.55. The van der Waals surface area contributed by atoms with Crippen LogP contribution in [0.5, 0.6) is 0 Å². The van der Waals surface area contributed by atoms with Crippen LogP contribution in [-0.4, -0.2) is 12.2 Å². The fraction of sp³-hybridized carbons (Fsp3) is 0.667. The van der Waals surface area contributed by atoms with Crippen LogP contribution >= 0.6 is 12.6 Å². The molecule has 3 saturated carbocycles. The second kappa shape index (κ2) is 5.73. The molecule has 1 aromatic carbocycles. The van der Waals surface area contributed by atoms with Crippen molar-refractivity contribution in [2.75, 3.05) is 6.61 Å². The summed E-state index contributed by atoms with van der Waals surface area (Å²) in [6.45, 7) is 3.19. The van der Waals surface area contributed by atoms with Crippen molar-refractivity contribution in [2.24, 2.45) is 0 Å². The number of thiol groups is 1. The van der Waals surface area contributed by atoms with E-state index in [4.69, 9.17) is 4.74 Å². The Morgan fingerprint density at radius 1 is 1.00 bits per heavy atom. The van der Waals surface area contributed by atoms with Gasteiger partial charge in [0.25, 0.3) is 0 Å². The molecule has 1 aromatic rings. The number of fused-ring (bicyclic) bond motifs is 3. The average molecular weight is 290 g/mol. The molecule has 1 nitrogen and oxygen atoms in total. The van der Waals surface area contributed by atoms with Crippen molar-refractivity contribution in [1.29, 1.82) is 0 Å². The molecule has 3 aliphatic carbocycles. The number of ether oxygens (including phenoxy) is 1. The molecular weight excluding hydrogens is 264 g/mol. The predicted molar refractivity (Wildman–Crippen MR) is 86.7 cm³/mol. The lowest BCUT2D eigenvalue weighted by Gasteiger charge is -2.53. The van der Waals surface area contributed by atoms with Crippen LogP contribution in [-0.2, 0) is 10.2 Å². The Balaban J connectivity index is 1.68. The number of hydrogen-bond donors (Lipinski definition) is 1. The largest absolute Gasteiger partial charge is 0.375 e. The highest BCUT2D eigenvalue weighted by molar-refractivity contribution is 7.80. The summed E-state index contributed by atoms with van der Waals surface area (Å²) in [5.74, 6) is 0. The lowest BCUT2D eigenvalue weighted by molar-refractivity contribution is -0.119. The molecule has 0 aromatic heterocycles. The lowest BCUT2D eigenvalue weighted by atomic mass is 9.56. The molecular formula is C18H26OS. The van der Waals surface area contributed by atoms with Gasteiger partial charge in [-0.25, -0.2) is 0 Å². The van der Waals surface area contributed by atoms with E-state index in [2.05, 4.69) is 43.8 Å². The van der Waals surface area contributed by atoms with Gasteiger partial charge in [0, 0.05) is 11.5 Å². The summed E-state index contributed by atoms with van der Waals surface area (Å²) >= 11 is 4.40. The molecule has 0 unspecified atom stereocenters. The minimum absolute atomic E-state index is 0.223.